The number of benzene rings is 1. The van der Waals surface area contributed by atoms with Crippen molar-refractivity contribution < 1.29 is 28.8 Å². The number of carbonyl (C=O) groups is 5. The molecule has 2 aromatic rings. The van der Waals surface area contributed by atoms with Gasteiger partial charge in [0.1, 0.15) is 0 Å². The molecule has 3 aliphatic rings. The van der Waals surface area contributed by atoms with Gasteiger partial charge in [0, 0.05) is 62.4 Å². The Labute approximate surface area is 220 Å². The van der Waals surface area contributed by atoms with Gasteiger partial charge in [0.2, 0.25) is 11.8 Å². The summed E-state index contributed by atoms with van der Waals surface area (Å²) in [5, 5.41) is 1.65. The van der Waals surface area contributed by atoms with Crippen molar-refractivity contribution in [3.63, 3.8) is 0 Å². The Hall–Kier alpha value is -3.95. The van der Waals surface area contributed by atoms with Crippen LogP contribution in [0.25, 0.3) is 16.5 Å². The van der Waals surface area contributed by atoms with E-state index in [1.54, 1.807) is 9.80 Å². The summed E-state index contributed by atoms with van der Waals surface area (Å²) in [6.07, 6.45) is 4.91. The number of hydrogen-bond acceptors (Lipinski definition) is 6. The van der Waals surface area contributed by atoms with E-state index in [1.807, 2.05) is 44.3 Å². The van der Waals surface area contributed by atoms with Gasteiger partial charge in [-0.1, -0.05) is 18.2 Å². The third-order valence-electron chi connectivity index (χ3n) is 7.70. The number of rotatable bonds is 8. The Bertz CT molecular complexity index is 1320. The van der Waals surface area contributed by atoms with Crippen molar-refractivity contribution in [2.45, 2.75) is 58.4 Å². The predicted molar refractivity (Wildman–Crippen MR) is 138 cm³/mol. The molecule has 10 nitrogen and oxygen atoms in total. The highest BCUT2D eigenvalue weighted by Gasteiger charge is 2.40. The first kappa shape index (κ1) is 25.7. The average molecular weight is 521 g/mol. The van der Waals surface area contributed by atoms with Crippen molar-refractivity contribution in [3.8, 4) is 0 Å². The van der Waals surface area contributed by atoms with Crippen molar-refractivity contribution in [3.05, 3.63) is 41.6 Å². The van der Waals surface area contributed by atoms with Crippen LogP contribution in [0.1, 0.15) is 57.1 Å². The second kappa shape index (κ2) is 10.4. The van der Waals surface area contributed by atoms with E-state index in [4.69, 9.17) is 4.84 Å². The van der Waals surface area contributed by atoms with Crippen molar-refractivity contribution in [2.75, 3.05) is 19.6 Å². The highest BCUT2D eigenvalue weighted by Crippen LogP contribution is 2.41. The molecule has 1 aliphatic carbocycles. The van der Waals surface area contributed by atoms with Gasteiger partial charge in [-0.2, -0.15) is 0 Å². The number of nitrogens with zero attached hydrogens (tertiary/aromatic N) is 3. The molecule has 0 radical (unpaired) electrons. The lowest BCUT2D eigenvalue weighted by Crippen LogP contribution is -2.51. The minimum atomic E-state index is -0.725. The molecule has 2 atom stereocenters. The smallest absolute Gasteiger partial charge is 0.333 e. The standard InChI is InChI=1S/C28H32N4O6/c1-3-30(4-2)28(37)18-13-20-19-7-5-8-21-27(19)17(15-29-21)14-22(20)31(16-18)23(33)9-6-10-26(36)38-32-24(34)11-12-25(32)35/h5,7-8,13,15,18,22,29H,3-4,6,9-12,14,16H2,1-2H3/t18-,22-/m1/s1. The maximum Gasteiger partial charge on any atom is 0.333 e. The van der Waals surface area contributed by atoms with Crippen LogP contribution in [-0.4, -0.2) is 75.1 Å². The molecule has 1 N–H and O–H groups in total. The Kier molecular flexibility index (Phi) is 7.05. The zero-order valence-corrected chi connectivity index (χ0v) is 21.7. The van der Waals surface area contributed by atoms with Gasteiger partial charge in [-0.05, 0) is 49.5 Å². The lowest BCUT2D eigenvalue weighted by molar-refractivity contribution is -0.197. The molecule has 2 aliphatic heterocycles. The van der Waals surface area contributed by atoms with Crippen molar-refractivity contribution in [1.29, 1.82) is 0 Å². The Morgan fingerprint density at radius 1 is 1.08 bits per heavy atom. The minimum absolute atomic E-state index is 0.00526. The van der Waals surface area contributed by atoms with Crippen LogP contribution in [0, 0.1) is 5.92 Å². The van der Waals surface area contributed by atoms with Gasteiger partial charge in [0.15, 0.2) is 0 Å². The van der Waals surface area contributed by atoms with E-state index in [2.05, 4.69) is 4.98 Å². The summed E-state index contributed by atoms with van der Waals surface area (Å²) in [4.78, 5) is 74.3. The number of hydroxylamine groups is 2. The Morgan fingerprint density at radius 3 is 2.53 bits per heavy atom. The first-order valence-corrected chi connectivity index (χ1v) is 13.3. The number of nitrogens with one attached hydrogen (secondary N) is 1. The van der Waals surface area contributed by atoms with Crippen LogP contribution in [0.15, 0.2) is 30.5 Å². The fourth-order valence-electron chi connectivity index (χ4n) is 5.77. The molecule has 38 heavy (non-hydrogen) atoms. The molecule has 10 heteroatoms. The number of amides is 4. The maximum atomic E-state index is 13.5. The number of aromatic nitrogens is 1. The van der Waals surface area contributed by atoms with Gasteiger partial charge in [0.05, 0.1) is 12.0 Å². The van der Waals surface area contributed by atoms with E-state index in [1.165, 1.54) is 0 Å². The summed E-state index contributed by atoms with van der Waals surface area (Å²) < 4.78 is 0. The summed E-state index contributed by atoms with van der Waals surface area (Å²) in [5.41, 5.74) is 4.18. The summed E-state index contributed by atoms with van der Waals surface area (Å²) in [7, 11) is 0. The molecule has 0 spiro atoms. The number of H-pyrrole nitrogens is 1. The maximum absolute atomic E-state index is 13.5. The summed E-state index contributed by atoms with van der Waals surface area (Å²) >= 11 is 0. The number of carbonyl (C=O) groups excluding carboxylic acids is 5. The Morgan fingerprint density at radius 2 is 1.82 bits per heavy atom. The first-order chi connectivity index (χ1) is 18.3. The van der Waals surface area contributed by atoms with E-state index in [0.717, 1.165) is 27.6 Å². The fourth-order valence-corrected chi connectivity index (χ4v) is 5.77. The lowest BCUT2D eigenvalue weighted by atomic mass is 9.79. The number of hydrogen-bond donors (Lipinski definition) is 1. The molecular formula is C28H32N4O6. The molecule has 1 aromatic carbocycles. The molecule has 4 amide bonds. The van der Waals surface area contributed by atoms with Gasteiger partial charge in [-0.25, -0.2) is 4.79 Å². The van der Waals surface area contributed by atoms with E-state index >= 15 is 0 Å². The predicted octanol–water partition coefficient (Wildman–Crippen LogP) is 2.58. The molecule has 1 aromatic heterocycles. The van der Waals surface area contributed by atoms with Gasteiger partial charge in [0.25, 0.3) is 11.8 Å². The largest absolute Gasteiger partial charge is 0.361 e. The third-order valence-corrected chi connectivity index (χ3v) is 7.70. The monoisotopic (exact) mass is 520 g/mol. The van der Waals surface area contributed by atoms with Gasteiger partial charge in [-0.15, -0.1) is 5.06 Å². The average Bonchev–Trinajstić information content (AvgIpc) is 3.47. The second-order valence-corrected chi connectivity index (χ2v) is 9.95. The summed E-state index contributed by atoms with van der Waals surface area (Å²) in [6, 6.07) is 5.84. The zero-order chi connectivity index (χ0) is 27.0. The van der Waals surface area contributed by atoms with E-state index in [0.29, 0.717) is 24.6 Å². The van der Waals surface area contributed by atoms with Gasteiger partial charge >= 0.3 is 5.97 Å². The molecule has 0 unspecified atom stereocenters. The van der Waals surface area contributed by atoms with Crippen molar-refractivity contribution >= 4 is 46.1 Å². The first-order valence-electron chi connectivity index (χ1n) is 13.3. The molecular weight excluding hydrogens is 488 g/mol. The molecule has 5 rings (SSSR count). The number of aromatic amines is 1. The van der Waals surface area contributed by atoms with Crippen LogP contribution in [0.5, 0.6) is 0 Å². The second-order valence-electron chi connectivity index (χ2n) is 9.95. The lowest BCUT2D eigenvalue weighted by Gasteiger charge is -2.42. The third kappa shape index (κ3) is 4.59. The van der Waals surface area contributed by atoms with Crippen molar-refractivity contribution in [2.24, 2.45) is 5.92 Å². The van der Waals surface area contributed by atoms with Gasteiger partial charge < -0.3 is 19.6 Å². The molecule has 1 fully saturated rings. The van der Waals surface area contributed by atoms with Crippen LogP contribution >= 0.6 is 0 Å². The molecule has 0 saturated carbocycles. The number of fused-ring (bicyclic) bond motifs is 2. The zero-order valence-electron chi connectivity index (χ0n) is 21.7. The van der Waals surface area contributed by atoms with E-state index in [9.17, 15) is 24.0 Å². The highest BCUT2D eigenvalue weighted by molar-refractivity contribution is 6.02. The van der Waals surface area contributed by atoms with Crippen LogP contribution < -0.4 is 0 Å². The highest BCUT2D eigenvalue weighted by atomic mass is 16.7. The summed E-state index contributed by atoms with van der Waals surface area (Å²) in [5.74, 6) is -2.41. The SMILES string of the molecule is CCN(CC)C(=O)[C@@H]1C=C2c3cccc4[nH]cc(c34)C[C@H]2N(C(=O)CCCC(=O)ON2C(=O)CCC2=O)C1. The normalized spacial score (nSPS) is 20.4. The van der Waals surface area contributed by atoms with Crippen LogP contribution in [0.3, 0.4) is 0 Å². The quantitative estimate of drug-likeness (QED) is 0.535. The van der Waals surface area contributed by atoms with E-state index in [-0.39, 0.29) is 56.5 Å². The summed E-state index contributed by atoms with van der Waals surface area (Å²) in [6.45, 7) is 5.35. The van der Waals surface area contributed by atoms with E-state index < -0.39 is 23.7 Å². The molecule has 1 saturated heterocycles. The molecule has 3 heterocycles. The van der Waals surface area contributed by atoms with Crippen LogP contribution in [-0.2, 0) is 35.2 Å². The Balaban J connectivity index is 1.34. The van der Waals surface area contributed by atoms with Crippen LogP contribution in [0.2, 0.25) is 0 Å². The minimum Gasteiger partial charge on any atom is -0.361 e. The topological polar surface area (TPSA) is 120 Å². The van der Waals surface area contributed by atoms with Crippen LogP contribution in [0.4, 0.5) is 0 Å². The van der Waals surface area contributed by atoms with Crippen molar-refractivity contribution in [1.82, 2.24) is 19.8 Å². The molecule has 200 valence electrons. The fraction of sp³-hybridized carbons (Fsp3) is 0.464. The van der Waals surface area contributed by atoms with Gasteiger partial charge in [-0.3, -0.25) is 19.2 Å². The molecule has 0 bridgehead atoms. The number of imide groups is 1.